The minimum Gasteiger partial charge on any atom is -0.400 e. The van der Waals surface area contributed by atoms with Crippen LogP contribution in [-0.2, 0) is 14.1 Å². The molecule has 0 N–H and O–H groups in total. The number of carbonyl (C=O) groups excluding carboxylic acids is 1. The Hall–Kier alpha value is -0.625. The Morgan fingerprint density at radius 2 is 1.88 bits per heavy atom. The summed E-state index contributed by atoms with van der Waals surface area (Å²) in [5.41, 5.74) is 0.188. The van der Waals surface area contributed by atoms with Gasteiger partial charge in [-0.1, -0.05) is 39.8 Å². The summed E-state index contributed by atoms with van der Waals surface area (Å²) in [6, 6.07) is 4.86. The summed E-state index contributed by atoms with van der Waals surface area (Å²) in [6.07, 6.45) is 1.71. The lowest BCUT2D eigenvalue weighted by molar-refractivity contribution is -0.109. The van der Waals surface area contributed by atoms with Crippen molar-refractivity contribution < 1.29 is 18.5 Å². The van der Waals surface area contributed by atoms with Crippen LogP contribution in [0.2, 0.25) is 0 Å². The molecule has 7 heteroatoms. The van der Waals surface area contributed by atoms with Crippen molar-refractivity contribution in [2.24, 2.45) is 0 Å². The van der Waals surface area contributed by atoms with Gasteiger partial charge in [-0.05, 0) is 45.3 Å². The predicted octanol–water partition coefficient (Wildman–Crippen LogP) is 4.88. The molecule has 1 fully saturated rings. The molecule has 0 bridgehead atoms. The summed E-state index contributed by atoms with van der Waals surface area (Å²) < 4.78 is 26.9. The fourth-order valence-corrected chi connectivity index (χ4v) is 3.10. The molecule has 0 spiro atoms. The normalized spacial score (nSPS) is 19.6. The van der Waals surface area contributed by atoms with Gasteiger partial charge in [0.1, 0.15) is 5.82 Å². The molecule has 0 saturated carbocycles. The van der Waals surface area contributed by atoms with Gasteiger partial charge in [0.2, 0.25) is 0 Å². The second kappa shape index (κ2) is 7.32. The lowest BCUT2D eigenvalue weighted by Crippen LogP contribution is -2.41. The maximum Gasteiger partial charge on any atom is 0.491 e. The van der Waals surface area contributed by atoms with Gasteiger partial charge in [-0.3, -0.25) is 4.79 Å². The minimum absolute atomic E-state index is 0.00584. The van der Waals surface area contributed by atoms with Crippen LogP contribution in [0.3, 0.4) is 0 Å². The molecule has 1 aliphatic heterocycles. The molecule has 2 rings (SSSR count). The molecular weight excluding hydrogens is 394 g/mol. The van der Waals surface area contributed by atoms with Gasteiger partial charge >= 0.3 is 7.12 Å². The van der Waals surface area contributed by atoms with Crippen molar-refractivity contribution in [2.75, 3.05) is 5.75 Å². The van der Waals surface area contributed by atoms with Crippen LogP contribution in [0.1, 0.15) is 40.2 Å². The topological polar surface area (TPSA) is 35.5 Å². The van der Waals surface area contributed by atoms with Crippen molar-refractivity contribution in [3.63, 3.8) is 0 Å². The Balaban J connectivity index is 2.35. The summed E-state index contributed by atoms with van der Waals surface area (Å²) in [5, 5.41) is -0.00584. The molecule has 0 amide bonds. The molecule has 1 aliphatic rings. The second-order valence-electron chi connectivity index (χ2n) is 6.75. The molecule has 0 radical (unpaired) electrons. The number of benzene rings is 1. The minimum atomic E-state index is -0.607. The quantitative estimate of drug-likeness (QED) is 0.657. The van der Waals surface area contributed by atoms with Crippen LogP contribution in [0.15, 0.2) is 28.1 Å². The molecule has 24 heavy (non-hydrogen) atoms. The number of hydrogen-bond acceptors (Lipinski definition) is 4. The van der Waals surface area contributed by atoms with Gasteiger partial charge in [0.05, 0.1) is 11.2 Å². The fourth-order valence-electron chi connectivity index (χ4n) is 2.18. The van der Waals surface area contributed by atoms with Gasteiger partial charge in [0.25, 0.3) is 0 Å². The molecule has 0 unspecified atom stereocenters. The first-order valence-corrected chi connectivity index (χ1v) is 9.44. The number of rotatable bonds is 4. The van der Waals surface area contributed by atoms with Crippen LogP contribution in [0.5, 0.6) is 0 Å². The number of carbonyl (C=O) groups is 1. The zero-order chi connectivity index (χ0) is 18.1. The lowest BCUT2D eigenvalue weighted by Gasteiger charge is -2.32. The van der Waals surface area contributed by atoms with E-state index in [4.69, 9.17) is 9.31 Å². The molecule has 1 aromatic carbocycles. The monoisotopic (exact) mass is 414 g/mol. The third-order valence-electron chi connectivity index (χ3n) is 4.30. The van der Waals surface area contributed by atoms with Crippen molar-refractivity contribution in [2.45, 2.75) is 45.8 Å². The molecular formula is C17H21BBrFO3S. The van der Waals surface area contributed by atoms with Gasteiger partial charge in [-0.15, -0.1) is 0 Å². The molecule has 130 valence electrons. The summed E-state index contributed by atoms with van der Waals surface area (Å²) in [7, 11) is -0.607. The Morgan fingerprint density at radius 3 is 2.38 bits per heavy atom. The maximum atomic E-state index is 14.2. The number of halogens is 2. The van der Waals surface area contributed by atoms with Crippen LogP contribution in [-0.4, -0.2) is 29.2 Å². The summed E-state index contributed by atoms with van der Waals surface area (Å²) >= 11 is 4.41. The van der Waals surface area contributed by atoms with Gasteiger partial charge in [0.15, 0.2) is 5.12 Å². The van der Waals surface area contributed by atoms with E-state index in [9.17, 15) is 9.18 Å². The molecule has 1 saturated heterocycles. The highest BCUT2D eigenvalue weighted by molar-refractivity contribution is 9.10. The van der Waals surface area contributed by atoms with Gasteiger partial charge in [-0.2, -0.15) is 0 Å². The van der Waals surface area contributed by atoms with Crippen LogP contribution in [0, 0.1) is 5.82 Å². The molecule has 0 atom stereocenters. The van der Waals surface area contributed by atoms with Crippen molar-refractivity contribution in [1.82, 2.24) is 0 Å². The average molecular weight is 415 g/mol. The summed E-state index contributed by atoms with van der Waals surface area (Å²) in [4.78, 5) is 11.4. The summed E-state index contributed by atoms with van der Waals surface area (Å²) in [5.74, 6) is 0.0491. The molecule has 0 aromatic heterocycles. The fraction of sp³-hybridized carbons (Fsp3) is 0.471. The first kappa shape index (κ1) is 19.7. The number of hydrogen-bond donors (Lipinski definition) is 0. The molecule has 0 aliphatic carbocycles. The van der Waals surface area contributed by atoms with Crippen molar-refractivity contribution in [1.29, 1.82) is 0 Å². The largest absolute Gasteiger partial charge is 0.491 e. The van der Waals surface area contributed by atoms with E-state index in [1.807, 2.05) is 27.7 Å². The summed E-state index contributed by atoms with van der Waals surface area (Å²) in [6.45, 7) is 9.35. The van der Waals surface area contributed by atoms with Crippen molar-refractivity contribution in [3.8, 4) is 0 Å². The van der Waals surface area contributed by atoms with Crippen LogP contribution in [0.4, 0.5) is 4.39 Å². The highest BCUT2D eigenvalue weighted by atomic mass is 79.9. The average Bonchev–Trinajstić information content (AvgIpc) is 2.65. The standard InChI is InChI=1S/C17H21BBrFO3S/c1-11(21)24-10-13(8-12-6-7-14(19)9-15(12)20)18-22-16(2,3)17(4,5)23-18/h6-9H,10H2,1-5H3. The van der Waals surface area contributed by atoms with E-state index in [2.05, 4.69) is 15.9 Å². The van der Waals surface area contributed by atoms with E-state index >= 15 is 0 Å². The van der Waals surface area contributed by atoms with E-state index in [-0.39, 0.29) is 10.9 Å². The smallest absolute Gasteiger partial charge is 0.400 e. The SMILES string of the molecule is CC(=O)SCC(=Cc1ccc(Br)cc1F)B1OC(C)(C)C(C)(C)O1. The van der Waals surface area contributed by atoms with Gasteiger partial charge in [0, 0.05) is 22.7 Å². The highest BCUT2D eigenvalue weighted by Gasteiger charge is 2.52. The Bertz CT molecular complexity index is 660. The first-order chi connectivity index (χ1) is 11.0. The van der Waals surface area contributed by atoms with Crippen molar-refractivity contribution >= 4 is 46.0 Å². The van der Waals surface area contributed by atoms with E-state index in [0.717, 1.165) is 17.2 Å². The third-order valence-corrected chi connectivity index (χ3v) is 5.68. The van der Waals surface area contributed by atoms with Gasteiger partial charge < -0.3 is 9.31 Å². The lowest BCUT2D eigenvalue weighted by atomic mass is 9.78. The van der Waals surface area contributed by atoms with E-state index in [1.165, 1.54) is 13.0 Å². The molecule has 1 aromatic rings. The molecule has 1 heterocycles. The molecule has 3 nitrogen and oxygen atoms in total. The van der Waals surface area contributed by atoms with Crippen molar-refractivity contribution in [3.05, 3.63) is 39.5 Å². The Kier molecular flexibility index (Phi) is 6.01. The van der Waals surface area contributed by atoms with E-state index in [0.29, 0.717) is 15.8 Å². The highest BCUT2D eigenvalue weighted by Crippen LogP contribution is 2.39. The Labute approximate surface area is 155 Å². The number of thioether (sulfide) groups is 1. The van der Waals surface area contributed by atoms with E-state index in [1.54, 1.807) is 18.2 Å². The van der Waals surface area contributed by atoms with E-state index < -0.39 is 18.3 Å². The van der Waals surface area contributed by atoms with Crippen LogP contribution in [0.25, 0.3) is 6.08 Å². The maximum absolute atomic E-state index is 14.2. The zero-order valence-corrected chi connectivity index (χ0v) is 16.9. The Morgan fingerprint density at radius 1 is 1.29 bits per heavy atom. The third kappa shape index (κ3) is 4.51. The second-order valence-corrected chi connectivity index (χ2v) is 8.82. The van der Waals surface area contributed by atoms with Gasteiger partial charge in [-0.25, -0.2) is 4.39 Å². The first-order valence-electron chi connectivity index (χ1n) is 7.66. The zero-order valence-electron chi connectivity index (χ0n) is 14.5. The van der Waals surface area contributed by atoms with Crippen LogP contribution >= 0.6 is 27.7 Å². The predicted molar refractivity (Wildman–Crippen MR) is 101 cm³/mol. The van der Waals surface area contributed by atoms with Crippen LogP contribution < -0.4 is 0 Å².